The molecule has 0 radical (unpaired) electrons. The number of phenols is 1. The van der Waals surface area contributed by atoms with Crippen molar-refractivity contribution in [3.05, 3.63) is 71.8 Å². The summed E-state index contributed by atoms with van der Waals surface area (Å²) in [4.78, 5) is 23.8. The quantitative estimate of drug-likeness (QED) is 0.578. The maximum Gasteiger partial charge on any atom is 0.336 e. The number of phenolic OH excluding ortho intramolecular Hbond substituents is 1. The average molecular weight is 297 g/mol. The normalized spacial score (nSPS) is 13.7. The fourth-order valence-corrected chi connectivity index (χ4v) is 1.96. The van der Waals surface area contributed by atoms with E-state index in [4.69, 9.17) is 5.73 Å². The van der Waals surface area contributed by atoms with Crippen LogP contribution < -0.4 is 5.73 Å². The third-order valence-electron chi connectivity index (χ3n) is 3.28. The smallest absolute Gasteiger partial charge is 0.336 e. The number of ketones is 1. The first-order valence-electron chi connectivity index (χ1n) is 6.54. The van der Waals surface area contributed by atoms with Crippen LogP contribution in [0.3, 0.4) is 0 Å². The van der Waals surface area contributed by atoms with E-state index in [-0.39, 0.29) is 11.3 Å². The van der Waals surface area contributed by atoms with Crippen LogP contribution in [-0.2, 0) is 15.1 Å². The summed E-state index contributed by atoms with van der Waals surface area (Å²) in [5.41, 5.74) is 4.50. The predicted molar refractivity (Wildman–Crippen MR) is 82.1 cm³/mol. The zero-order valence-electron chi connectivity index (χ0n) is 11.6. The Morgan fingerprint density at radius 3 is 2.14 bits per heavy atom. The Morgan fingerprint density at radius 1 is 1.00 bits per heavy atom. The molecule has 1 atom stereocenters. The largest absolute Gasteiger partial charge is 0.508 e. The van der Waals surface area contributed by atoms with Gasteiger partial charge in [-0.15, -0.1) is 0 Å². The van der Waals surface area contributed by atoms with Crippen LogP contribution in [-0.4, -0.2) is 22.0 Å². The highest BCUT2D eigenvalue weighted by atomic mass is 16.4. The van der Waals surface area contributed by atoms with Gasteiger partial charge in [0.1, 0.15) is 5.75 Å². The molecule has 2 aromatic carbocycles. The summed E-state index contributed by atoms with van der Waals surface area (Å²) < 4.78 is 0. The summed E-state index contributed by atoms with van der Waals surface area (Å²) >= 11 is 0. The second-order valence-electron chi connectivity index (χ2n) is 4.77. The maximum atomic E-state index is 12.3. The number of aliphatic carboxylic acids is 1. The number of nitrogens with two attached hydrogens (primary N) is 1. The summed E-state index contributed by atoms with van der Waals surface area (Å²) in [6.45, 7) is 0. The minimum Gasteiger partial charge on any atom is -0.508 e. The first kappa shape index (κ1) is 15.5. The third-order valence-corrected chi connectivity index (χ3v) is 3.28. The second kappa shape index (κ2) is 6.24. The number of hydrogen-bond donors (Lipinski definition) is 3. The lowest BCUT2D eigenvalue weighted by Gasteiger charge is -2.22. The van der Waals surface area contributed by atoms with Gasteiger partial charge in [0.25, 0.3) is 0 Å². The molecule has 0 aliphatic rings. The van der Waals surface area contributed by atoms with Crippen molar-refractivity contribution in [2.24, 2.45) is 5.73 Å². The molecule has 0 heterocycles. The molecule has 0 aliphatic carbocycles. The summed E-state index contributed by atoms with van der Waals surface area (Å²) in [6, 6.07) is 14.2. The van der Waals surface area contributed by atoms with Gasteiger partial charge in [-0.3, -0.25) is 4.79 Å². The molecule has 2 aromatic rings. The predicted octanol–water partition coefficient (Wildman–Crippen LogP) is 1.91. The molecular weight excluding hydrogens is 282 g/mol. The molecule has 22 heavy (non-hydrogen) atoms. The highest BCUT2D eigenvalue weighted by Gasteiger charge is 2.42. The van der Waals surface area contributed by atoms with E-state index in [0.29, 0.717) is 0 Å². The number of carboxylic acids is 1. The zero-order chi connectivity index (χ0) is 16.2. The number of rotatable bonds is 5. The van der Waals surface area contributed by atoms with Gasteiger partial charge in [-0.05, 0) is 29.3 Å². The van der Waals surface area contributed by atoms with Gasteiger partial charge in [0.05, 0.1) is 0 Å². The van der Waals surface area contributed by atoms with Crippen molar-refractivity contribution in [3.8, 4) is 5.75 Å². The van der Waals surface area contributed by atoms with Crippen molar-refractivity contribution in [2.45, 2.75) is 5.54 Å². The van der Waals surface area contributed by atoms with Crippen LogP contribution in [0.2, 0.25) is 0 Å². The van der Waals surface area contributed by atoms with Crippen molar-refractivity contribution < 1.29 is 19.8 Å². The Balaban J connectivity index is 2.35. The number of aromatic hydroxyl groups is 1. The minimum absolute atomic E-state index is 0.0382. The van der Waals surface area contributed by atoms with Crippen LogP contribution >= 0.6 is 0 Å². The van der Waals surface area contributed by atoms with Crippen LogP contribution in [0, 0.1) is 0 Å². The third kappa shape index (κ3) is 3.05. The molecule has 0 aromatic heterocycles. The molecule has 0 bridgehead atoms. The van der Waals surface area contributed by atoms with Crippen LogP contribution in [0.15, 0.2) is 60.7 Å². The topological polar surface area (TPSA) is 101 Å². The van der Waals surface area contributed by atoms with Crippen molar-refractivity contribution in [2.75, 3.05) is 0 Å². The van der Waals surface area contributed by atoms with Crippen molar-refractivity contribution in [1.82, 2.24) is 0 Å². The fourth-order valence-electron chi connectivity index (χ4n) is 1.96. The van der Waals surface area contributed by atoms with Crippen molar-refractivity contribution in [1.29, 1.82) is 0 Å². The van der Waals surface area contributed by atoms with E-state index in [9.17, 15) is 19.8 Å². The second-order valence-corrected chi connectivity index (χ2v) is 4.77. The van der Waals surface area contributed by atoms with E-state index < -0.39 is 17.3 Å². The summed E-state index contributed by atoms with van der Waals surface area (Å²) in [5.74, 6) is -2.25. The maximum absolute atomic E-state index is 12.3. The van der Waals surface area contributed by atoms with Crippen LogP contribution in [0.25, 0.3) is 6.08 Å². The van der Waals surface area contributed by atoms with Gasteiger partial charge in [-0.1, -0.05) is 48.5 Å². The number of carbonyl (C=O) groups excluding carboxylic acids is 1. The lowest BCUT2D eigenvalue weighted by Crippen LogP contribution is -2.51. The van der Waals surface area contributed by atoms with Crippen molar-refractivity contribution in [3.63, 3.8) is 0 Å². The minimum atomic E-state index is -2.20. The molecule has 5 nitrogen and oxygen atoms in total. The highest BCUT2D eigenvalue weighted by Crippen LogP contribution is 2.23. The SMILES string of the molecule is NC(C(=O)O)(C(=O)C=Cc1ccccc1)c1ccc(O)cc1. The molecule has 0 amide bonds. The van der Waals surface area contributed by atoms with E-state index in [1.165, 1.54) is 30.3 Å². The van der Waals surface area contributed by atoms with E-state index in [2.05, 4.69) is 0 Å². The van der Waals surface area contributed by atoms with Gasteiger partial charge < -0.3 is 15.9 Å². The lowest BCUT2D eigenvalue weighted by molar-refractivity contribution is -0.147. The van der Waals surface area contributed by atoms with Gasteiger partial charge in [0.15, 0.2) is 5.78 Å². The number of carboxylic acid groups (broad SMARTS) is 1. The Morgan fingerprint density at radius 2 is 1.59 bits per heavy atom. The average Bonchev–Trinajstić information content (AvgIpc) is 2.53. The fraction of sp³-hybridized carbons (Fsp3) is 0.0588. The van der Waals surface area contributed by atoms with Gasteiger partial charge in [-0.25, -0.2) is 4.79 Å². The van der Waals surface area contributed by atoms with E-state index in [1.807, 2.05) is 6.07 Å². The van der Waals surface area contributed by atoms with Gasteiger partial charge in [0, 0.05) is 0 Å². The standard InChI is InChI=1S/C17H15NO4/c18-17(16(21)22,13-7-9-14(19)10-8-13)15(20)11-6-12-4-2-1-3-5-12/h1-11,19H,18H2,(H,21,22). The Labute approximate surface area is 127 Å². The first-order valence-corrected chi connectivity index (χ1v) is 6.54. The van der Waals surface area contributed by atoms with Crippen LogP contribution in [0.1, 0.15) is 11.1 Å². The lowest BCUT2D eigenvalue weighted by atomic mass is 9.86. The molecule has 0 saturated heterocycles. The van der Waals surface area contributed by atoms with Gasteiger partial charge >= 0.3 is 5.97 Å². The monoisotopic (exact) mass is 297 g/mol. The Kier molecular flexibility index (Phi) is 4.39. The molecule has 0 saturated carbocycles. The molecule has 0 fully saturated rings. The van der Waals surface area contributed by atoms with Gasteiger partial charge in [-0.2, -0.15) is 0 Å². The molecular formula is C17H15NO4. The van der Waals surface area contributed by atoms with Crippen LogP contribution in [0.5, 0.6) is 5.75 Å². The number of benzene rings is 2. The number of carbonyl (C=O) groups is 2. The summed E-state index contributed by atoms with van der Waals surface area (Å²) in [5, 5.41) is 18.6. The first-order chi connectivity index (χ1) is 10.4. The molecule has 2 rings (SSSR count). The van der Waals surface area contributed by atoms with Crippen molar-refractivity contribution >= 4 is 17.8 Å². The molecule has 4 N–H and O–H groups in total. The molecule has 0 aliphatic heterocycles. The van der Waals surface area contributed by atoms with E-state index in [1.54, 1.807) is 24.3 Å². The Hall–Kier alpha value is -2.92. The summed E-state index contributed by atoms with van der Waals surface area (Å²) in [7, 11) is 0. The molecule has 112 valence electrons. The van der Waals surface area contributed by atoms with E-state index >= 15 is 0 Å². The molecule has 0 spiro atoms. The zero-order valence-corrected chi connectivity index (χ0v) is 11.6. The molecule has 5 heteroatoms. The van der Waals surface area contributed by atoms with Gasteiger partial charge in [0.2, 0.25) is 5.54 Å². The molecule has 1 unspecified atom stereocenters. The van der Waals surface area contributed by atoms with E-state index in [0.717, 1.165) is 11.6 Å². The summed E-state index contributed by atoms with van der Waals surface area (Å²) in [6.07, 6.45) is 2.66. The van der Waals surface area contributed by atoms with Crippen LogP contribution in [0.4, 0.5) is 0 Å². The highest BCUT2D eigenvalue weighted by molar-refractivity contribution is 6.14. The Bertz CT molecular complexity index is 707. The number of hydrogen-bond acceptors (Lipinski definition) is 4.